The number of rotatable bonds is 4. The van der Waals surface area contributed by atoms with E-state index in [2.05, 4.69) is 22.2 Å². The van der Waals surface area contributed by atoms with Gasteiger partial charge in [-0.1, -0.05) is 6.92 Å². The molecule has 3 rings (SSSR count). The largest absolute Gasteiger partial charge is 0.378 e. The van der Waals surface area contributed by atoms with Crippen LogP contribution in [0.5, 0.6) is 0 Å². The number of anilines is 1. The second-order valence-electron chi connectivity index (χ2n) is 5.36. The van der Waals surface area contributed by atoms with Gasteiger partial charge in [-0.05, 0) is 55.3 Å². The van der Waals surface area contributed by atoms with Crippen LogP contribution >= 0.6 is 0 Å². The van der Waals surface area contributed by atoms with E-state index in [0.717, 1.165) is 34.3 Å². The fourth-order valence-corrected chi connectivity index (χ4v) is 2.65. The second-order valence-corrected chi connectivity index (χ2v) is 5.36. The van der Waals surface area contributed by atoms with Crippen LogP contribution in [0, 0.1) is 12.7 Å². The molecule has 0 radical (unpaired) electrons. The molecule has 0 bridgehead atoms. The minimum absolute atomic E-state index is 0.149. The van der Waals surface area contributed by atoms with Crippen LogP contribution in [0.3, 0.4) is 0 Å². The van der Waals surface area contributed by atoms with Crippen molar-refractivity contribution in [2.24, 2.45) is 0 Å². The summed E-state index contributed by atoms with van der Waals surface area (Å²) in [4.78, 5) is 8.52. The first kappa shape index (κ1) is 14.4. The summed E-state index contributed by atoms with van der Waals surface area (Å²) in [6.45, 7) is 4.07. The molecule has 112 valence electrons. The SMILES string of the molecule is CCC(Nc1cc(C)nc2ccc(F)cc12)c1ccncc1. The second kappa shape index (κ2) is 6.10. The lowest BCUT2D eigenvalue weighted by molar-refractivity contribution is 0.629. The standard InChI is InChI=1S/C18H18FN3/c1-3-16(13-6-8-20-9-7-13)22-18-10-12(2)21-17-5-4-14(19)11-15(17)18/h4-11,16H,3H2,1-2H3,(H,21,22). The molecule has 4 heteroatoms. The van der Waals surface area contributed by atoms with Gasteiger partial charge in [0.25, 0.3) is 0 Å². The molecule has 1 aromatic carbocycles. The maximum atomic E-state index is 13.6. The Morgan fingerprint density at radius 2 is 1.91 bits per heavy atom. The van der Waals surface area contributed by atoms with Crippen LogP contribution in [0.4, 0.5) is 10.1 Å². The van der Waals surface area contributed by atoms with Gasteiger partial charge in [0, 0.05) is 29.2 Å². The summed E-state index contributed by atoms with van der Waals surface area (Å²) in [6.07, 6.45) is 4.49. The van der Waals surface area contributed by atoms with Gasteiger partial charge < -0.3 is 5.32 Å². The average Bonchev–Trinajstić information content (AvgIpc) is 2.53. The van der Waals surface area contributed by atoms with Crippen molar-refractivity contribution < 1.29 is 4.39 Å². The quantitative estimate of drug-likeness (QED) is 0.762. The van der Waals surface area contributed by atoms with Crippen molar-refractivity contribution in [2.75, 3.05) is 5.32 Å². The molecule has 0 aliphatic carbocycles. The van der Waals surface area contributed by atoms with E-state index in [9.17, 15) is 4.39 Å². The van der Waals surface area contributed by atoms with Gasteiger partial charge in [-0.15, -0.1) is 0 Å². The highest BCUT2D eigenvalue weighted by atomic mass is 19.1. The van der Waals surface area contributed by atoms with Crippen LogP contribution in [0.2, 0.25) is 0 Å². The molecule has 0 aliphatic heterocycles. The number of nitrogens with zero attached hydrogens (tertiary/aromatic N) is 2. The van der Waals surface area contributed by atoms with Gasteiger partial charge in [-0.2, -0.15) is 0 Å². The smallest absolute Gasteiger partial charge is 0.124 e. The summed E-state index contributed by atoms with van der Waals surface area (Å²) < 4.78 is 13.6. The van der Waals surface area contributed by atoms with Crippen molar-refractivity contribution in [3.8, 4) is 0 Å². The Morgan fingerprint density at radius 1 is 1.14 bits per heavy atom. The van der Waals surface area contributed by atoms with E-state index in [1.54, 1.807) is 18.5 Å². The molecule has 2 heterocycles. The molecule has 0 aliphatic rings. The van der Waals surface area contributed by atoms with Crippen LogP contribution in [0.15, 0.2) is 48.8 Å². The van der Waals surface area contributed by atoms with Crippen LogP contribution in [0.25, 0.3) is 10.9 Å². The number of aryl methyl sites for hydroxylation is 1. The Morgan fingerprint density at radius 3 is 2.64 bits per heavy atom. The summed E-state index contributed by atoms with van der Waals surface area (Å²) >= 11 is 0. The molecule has 2 aromatic heterocycles. The highest BCUT2D eigenvalue weighted by Crippen LogP contribution is 2.29. The molecule has 0 spiro atoms. The number of aromatic nitrogens is 2. The fraction of sp³-hybridized carbons (Fsp3) is 0.222. The van der Waals surface area contributed by atoms with Gasteiger partial charge in [0.1, 0.15) is 5.82 Å². The third-order valence-corrected chi connectivity index (χ3v) is 3.75. The first-order valence-corrected chi connectivity index (χ1v) is 7.40. The number of benzene rings is 1. The summed E-state index contributed by atoms with van der Waals surface area (Å²) in [5.74, 6) is -0.252. The van der Waals surface area contributed by atoms with Crippen molar-refractivity contribution in [1.82, 2.24) is 9.97 Å². The Balaban J connectivity index is 2.04. The number of hydrogen-bond donors (Lipinski definition) is 1. The Bertz CT molecular complexity index is 787. The maximum Gasteiger partial charge on any atom is 0.124 e. The van der Waals surface area contributed by atoms with Gasteiger partial charge in [0.2, 0.25) is 0 Å². The van der Waals surface area contributed by atoms with Crippen LogP contribution < -0.4 is 5.32 Å². The lowest BCUT2D eigenvalue weighted by atomic mass is 10.0. The zero-order valence-electron chi connectivity index (χ0n) is 12.7. The molecule has 0 saturated carbocycles. The molecule has 22 heavy (non-hydrogen) atoms. The van der Waals surface area contributed by atoms with Crippen molar-refractivity contribution in [3.05, 3.63) is 65.9 Å². The predicted molar refractivity (Wildman–Crippen MR) is 87.3 cm³/mol. The van der Waals surface area contributed by atoms with Crippen molar-refractivity contribution in [3.63, 3.8) is 0 Å². The van der Waals surface area contributed by atoms with E-state index in [-0.39, 0.29) is 11.9 Å². The fourth-order valence-electron chi connectivity index (χ4n) is 2.65. The first-order valence-electron chi connectivity index (χ1n) is 7.40. The molecule has 0 fully saturated rings. The Hall–Kier alpha value is -2.49. The predicted octanol–water partition coefficient (Wildman–Crippen LogP) is 4.64. The maximum absolute atomic E-state index is 13.6. The highest BCUT2D eigenvalue weighted by Gasteiger charge is 2.12. The van der Waals surface area contributed by atoms with E-state index >= 15 is 0 Å². The van der Waals surface area contributed by atoms with E-state index in [0.29, 0.717) is 0 Å². The summed E-state index contributed by atoms with van der Waals surface area (Å²) in [6, 6.07) is 10.8. The zero-order chi connectivity index (χ0) is 15.5. The summed E-state index contributed by atoms with van der Waals surface area (Å²) in [7, 11) is 0. The van der Waals surface area contributed by atoms with E-state index in [1.165, 1.54) is 12.1 Å². The summed E-state index contributed by atoms with van der Waals surface area (Å²) in [5, 5.41) is 4.33. The van der Waals surface area contributed by atoms with Crippen molar-refractivity contribution in [2.45, 2.75) is 26.3 Å². The van der Waals surface area contributed by atoms with Crippen molar-refractivity contribution in [1.29, 1.82) is 0 Å². The number of nitrogens with one attached hydrogen (secondary N) is 1. The third-order valence-electron chi connectivity index (χ3n) is 3.75. The number of halogens is 1. The minimum atomic E-state index is -0.252. The monoisotopic (exact) mass is 295 g/mol. The minimum Gasteiger partial charge on any atom is -0.378 e. The molecule has 1 N–H and O–H groups in total. The van der Waals surface area contributed by atoms with Gasteiger partial charge in [-0.3, -0.25) is 9.97 Å². The molecule has 0 amide bonds. The first-order chi connectivity index (χ1) is 10.7. The zero-order valence-corrected chi connectivity index (χ0v) is 12.7. The highest BCUT2D eigenvalue weighted by molar-refractivity contribution is 5.91. The Kier molecular flexibility index (Phi) is 4.00. The molecule has 3 aromatic rings. The van der Waals surface area contributed by atoms with Gasteiger partial charge in [-0.25, -0.2) is 4.39 Å². The Labute approximate surface area is 129 Å². The number of fused-ring (bicyclic) bond motifs is 1. The molecule has 3 nitrogen and oxygen atoms in total. The molecule has 1 atom stereocenters. The summed E-state index contributed by atoms with van der Waals surface area (Å²) in [5.41, 5.74) is 3.78. The number of pyridine rings is 2. The van der Waals surface area contributed by atoms with E-state index in [1.807, 2.05) is 25.1 Å². The average molecular weight is 295 g/mol. The van der Waals surface area contributed by atoms with Crippen molar-refractivity contribution >= 4 is 16.6 Å². The molecule has 1 unspecified atom stereocenters. The molecule has 0 saturated heterocycles. The van der Waals surface area contributed by atoms with Gasteiger partial charge in [0.15, 0.2) is 0 Å². The van der Waals surface area contributed by atoms with E-state index < -0.39 is 0 Å². The van der Waals surface area contributed by atoms with Crippen LogP contribution in [-0.2, 0) is 0 Å². The number of hydrogen-bond acceptors (Lipinski definition) is 3. The molecular weight excluding hydrogens is 277 g/mol. The normalized spacial score (nSPS) is 12.3. The topological polar surface area (TPSA) is 37.8 Å². The lowest BCUT2D eigenvalue weighted by Crippen LogP contribution is -2.10. The lowest BCUT2D eigenvalue weighted by Gasteiger charge is -2.20. The van der Waals surface area contributed by atoms with Gasteiger partial charge >= 0.3 is 0 Å². The van der Waals surface area contributed by atoms with Crippen LogP contribution in [-0.4, -0.2) is 9.97 Å². The van der Waals surface area contributed by atoms with Crippen LogP contribution in [0.1, 0.15) is 30.6 Å². The van der Waals surface area contributed by atoms with E-state index in [4.69, 9.17) is 0 Å². The molecular formula is C18H18FN3. The third kappa shape index (κ3) is 2.91. The van der Waals surface area contributed by atoms with Gasteiger partial charge in [0.05, 0.1) is 11.6 Å².